The summed E-state index contributed by atoms with van der Waals surface area (Å²) in [5.74, 6) is 0. The molecule has 1 aliphatic carbocycles. The Bertz CT molecular complexity index is 445. The smallest absolute Gasteiger partial charge is 0.0756 e. The van der Waals surface area contributed by atoms with Crippen molar-refractivity contribution < 1.29 is 4.74 Å². The molecule has 1 aromatic rings. The number of hydrogen-bond acceptors (Lipinski definition) is 3. The largest absolute Gasteiger partial charge is 0.379 e. The molecule has 0 aromatic carbocycles. The van der Waals surface area contributed by atoms with Crippen LogP contribution in [0.15, 0.2) is 0 Å². The molecular weight excluding hydrogens is 250 g/mol. The molecule has 0 radical (unpaired) electrons. The molecule has 2 heterocycles. The summed E-state index contributed by atoms with van der Waals surface area (Å²) < 4.78 is 7.93. The molecule has 3 rings (SSSR count). The van der Waals surface area contributed by atoms with Crippen LogP contribution in [0.2, 0.25) is 0 Å². The number of aryl methyl sites for hydroxylation is 1. The number of ether oxygens (including phenoxy) is 1. The SMILES string of the molecule is CCc1nn(C2CCCOC2)c(CC)c1CNC1CC1. The van der Waals surface area contributed by atoms with Gasteiger partial charge in [-0.3, -0.25) is 4.68 Å². The Morgan fingerprint density at radius 3 is 2.70 bits per heavy atom. The molecule has 1 unspecified atom stereocenters. The van der Waals surface area contributed by atoms with Crippen LogP contribution in [-0.2, 0) is 24.1 Å². The van der Waals surface area contributed by atoms with E-state index in [1.807, 2.05) is 0 Å². The van der Waals surface area contributed by atoms with Crippen LogP contribution in [0.1, 0.15) is 62.5 Å². The Labute approximate surface area is 121 Å². The van der Waals surface area contributed by atoms with E-state index in [0.29, 0.717) is 6.04 Å². The van der Waals surface area contributed by atoms with Crippen molar-refractivity contribution in [3.8, 4) is 0 Å². The molecule has 1 aliphatic heterocycles. The van der Waals surface area contributed by atoms with Crippen molar-refractivity contribution in [2.24, 2.45) is 0 Å². The fraction of sp³-hybridized carbons (Fsp3) is 0.812. The van der Waals surface area contributed by atoms with Gasteiger partial charge in [-0.25, -0.2) is 0 Å². The van der Waals surface area contributed by atoms with Gasteiger partial charge in [0.15, 0.2) is 0 Å². The van der Waals surface area contributed by atoms with E-state index in [9.17, 15) is 0 Å². The lowest BCUT2D eigenvalue weighted by atomic mass is 10.1. The number of nitrogens with zero attached hydrogens (tertiary/aromatic N) is 2. The molecule has 2 fully saturated rings. The van der Waals surface area contributed by atoms with E-state index in [2.05, 4.69) is 23.8 Å². The lowest BCUT2D eigenvalue weighted by molar-refractivity contribution is 0.0538. The monoisotopic (exact) mass is 277 g/mol. The Morgan fingerprint density at radius 1 is 1.25 bits per heavy atom. The van der Waals surface area contributed by atoms with Gasteiger partial charge >= 0.3 is 0 Å². The van der Waals surface area contributed by atoms with Gasteiger partial charge in [0, 0.05) is 30.5 Å². The van der Waals surface area contributed by atoms with Gasteiger partial charge in [0.2, 0.25) is 0 Å². The minimum atomic E-state index is 0.443. The van der Waals surface area contributed by atoms with Gasteiger partial charge in [0.05, 0.1) is 18.3 Å². The molecule has 1 N–H and O–H groups in total. The molecule has 1 atom stereocenters. The fourth-order valence-electron chi connectivity index (χ4n) is 3.17. The second-order valence-electron chi connectivity index (χ2n) is 6.05. The predicted octanol–water partition coefficient (Wildman–Crippen LogP) is 2.61. The highest BCUT2D eigenvalue weighted by molar-refractivity contribution is 5.27. The highest BCUT2D eigenvalue weighted by Crippen LogP contribution is 2.26. The van der Waals surface area contributed by atoms with E-state index in [1.165, 1.54) is 36.2 Å². The summed E-state index contributed by atoms with van der Waals surface area (Å²) in [6.07, 6.45) is 7.12. The van der Waals surface area contributed by atoms with Crippen molar-refractivity contribution in [3.63, 3.8) is 0 Å². The van der Waals surface area contributed by atoms with Crippen LogP contribution in [0.25, 0.3) is 0 Å². The van der Waals surface area contributed by atoms with Crippen LogP contribution in [0.3, 0.4) is 0 Å². The standard InChI is InChI=1S/C16H27N3O/c1-3-15-14(10-17-12-7-8-12)16(4-2)19(18-15)13-6-5-9-20-11-13/h12-13,17H,3-11H2,1-2H3. The van der Waals surface area contributed by atoms with Gasteiger partial charge in [0.1, 0.15) is 0 Å². The zero-order valence-corrected chi connectivity index (χ0v) is 12.8. The lowest BCUT2D eigenvalue weighted by Crippen LogP contribution is -2.24. The number of aromatic nitrogens is 2. The molecule has 4 nitrogen and oxygen atoms in total. The summed E-state index contributed by atoms with van der Waals surface area (Å²) in [5, 5.41) is 8.57. The average molecular weight is 277 g/mol. The molecule has 112 valence electrons. The highest BCUT2D eigenvalue weighted by atomic mass is 16.5. The van der Waals surface area contributed by atoms with E-state index in [0.717, 1.165) is 45.1 Å². The molecule has 20 heavy (non-hydrogen) atoms. The van der Waals surface area contributed by atoms with E-state index in [4.69, 9.17) is 9.84 Å². The normalized spacial score (nSPS) is 23.2. The van der Waals surface area contributed by atoms with Crippen LogP contribution in [-0.4, -0.2) is 29.0 Å². The maximum Gasteiger partial charge on any atom is 0.0756 e. The number of hydrogen-bond donors (Lipinski definition) is 1. The quantitative estimate of drug-likeness (QED) is 0.869. The summed E-state index contributed by atoms with van der Waals surface area (Å²) >= 11 is 0. The van der Waals surface area contributed by atoms with Gasteiger partial charge in [-0.15, -0.1) is 0 Å². The van der Waals surface area contributed by atoms with Crippen molar-refractivity contribution in [2.45, 2.75) is 71.0 Å². The summed E-state index contributed by atoms with van der Waals surface area (Å²) in [4.78, 5) is 0. The lowest BCUT2D eigenvalue weighted by Gasteiger charge is -2.24. The van der Waals surface area contributed by atoms with Crippen molar-refractivity contribution >= 4 is 0 Å². The van der Waals surface area contributed by atoms with Gasteiger partial charge in [-0.2, -0.15) is 5.10 Å². The van der Waals surface area contributed by atoms with Crippen LogP contribution in [0.4, 0.5) is 0 Å². The minimum absolute atomic E-state index is 0.443. The molecule has 1 saturated heterocycles. The van der Waals surface area contributed by atoms with Gasteiger partial charge in [-0.05, 0) is 38.5 Å². The molecule has 0 spiro atoms. The Hall–Kier alpha value is -0.870. The maximum atomic E-state index is 5.65. The van der Waals surface area contributed by atoms with Crippen molar-refractivity contribution in [1.29, 1.82) is 0 Å². The number of nitrogens with one attached hydrogen (secondary N) is 1. The van der Waals surface area contributed by atoms with Crippen LogP contribution < -0.4 is 5.32 Å². The van der Waals surface area contributed by atoms with E-state index in [-0.39, 0.29) is 0 Å². The molecule has 1 saturated carbocycles. The highest BCUT2D eigenvalue weighted by Gasteiger charge is 2.25. The first-order chi connectivity index (χ1) is 9.83. The molecule has 4 heteroatoms. The van der Waals surface area contributed by atoms with Crippen LogP contribution in [0, 0.1) is 0 Å². The van der Waals surface area contributed by atoms with Crippen molar-refractivity contribution in [2.75, 3.05) is 13.2 Å². The first-order valence-electron chi connectivity index (χ1n) is 8.23. The Kier molecular flexibility index (Phi) is 4.41. The molecule has 1 aromatic heterocycles. The summed E-state index contributed by atoms with van der Waals surface area (Å²) in [6, 6.07) is 1.20. The van der Waals surface area contributed by atoms with Crippen molar-refractivity contribution in [3.05, 3.63) is 17.0 Å². The zero-order valence-electron chi connectivity index (χ0n) is 12.8. The van der Waals surface area contributed by atoms with E-state index < -0.39 is 0 Å². The second kappa shape index (κ2) is 6.27. The third-order valence-electron chi connectivity index (χ3n) is 4.50. The first kappa shape index (κ1) is 14.1. The minimum Gasteiger partial charge on any atom is -0.379 e. The summed E-state index contributed by atoms with van der Waals surface area (Å²) in [5.41, 5.74) is 4.15. The summed E-state index contributed by atoms with van der Waals surface area (Å²) in [7, 11) is 0. The topological polar surface area (TPSA) is 39.1 Å². The van der Waals surface area contributed by atoms with Crippen LogP contribution >= 0.6 is 0 Å². The summed E-state index contributed by atoms with van der Waals surface area (Å²) in [6.45, 7) is 7.19. The zero-order chi connectivity index (χ0) is 13.9. The Balaban J connectivity index is 1.83. The van der Waals surface area contributed by atoms with Crippen LogP contribution in [0.5, 0.6) is 0 Å². The average Bonchev–Trinajstić information content (AvgIpc) is 3.25. The first-order valence-corrected chi connectivity index (χ1v) is 8.23. The molecule has 2 aliphatic rings. The van der Waals surface area contributed by atoms with Crippen molar-refractivity contribution in [1.82, 2.24) is 15.1 Å². The molecule has 0 amide bonds. The fourth-order valence-corrected chi connectivity index (χ4v) is 3.17. The predicted molar refractivity (Wildman–Crippen MR) is 79.9 cm³/mol. The van der Waals surface area contributed by atoms with Gasteiger partial charge in [-0.1, -0.05) is 13.8 Å². The third-order valence-corrected chi connectivity index (χ3v) is 4.50. The Morgan fingerprint density at radius 2 is 2.10 bits per heavy atom. The van der Waals surface area contributed by atoms with Gasteiger partial charge in [0.25, 0.3) is 0 Å². The molecule has 0 bridgehead atoms. The maximum absolute atomic E-state index is 5.65. The van der Waals surface area contributed by atoms with E-state index >= 15 is 0 Å². The number of rotatable bonds is 6. The molecular formula is C16H27N3O. The van der Waals surface area contributed by atoms with Gasteiger partial charge < -0.3 is 10.1 Å². The van der Waals surface area contributed by atoms with E-state index in [1.54, 1.807) is 0 Å². The second-order valence-corrected chi connectivity index (χ2v) is 6.05. The third kappa shape index (κ3) is 2.91.